The highest BCUT2D eigenvalue weighted by Crippen LogP contribution is 2.22. The molecule has 2 N–H and O–H groups in total. The molecule has 1 aromatic carbocycles. The summed E-state index contributed by atoms with van der Waals surface area (Å²) >= 11 is 0. The molecule has 0 radical (unpaired) electrons. The maximum Gasteiger partial charge on any atom is 0.0372 e. The molecule has 0 bridgehead atoms. The highest BCUT2D eigenvalue weighted by Gasteiger charge is 2.16. The second-order valence-corrected chi connectivity index (χ2v) is 5.13. The summed E-state index contributed by atoms with van der Waals surface area (Å²) in [5.74, 6) is 1.41. The first kappa shape index (κ1) is 11.5. The van der Waals surface area contributed by atoms with Crippen LogP contribution in [0.5, 0.6) is 0 Å². The summed E-state index contributed by atoms with van der Waals surface area (Å²) in [5.41, 5.74) is 4.06. The lowest BCUT2D eigenvalue weighted by Gasteiger charge is -2.28. The van der Waals surface area contributed by atoms with Crippen molar-refractivity contribution < 1.29 is 0 Å². The lowest BCUT2D eigenvalue weighted by atomic mass is 9.99. The fourth-order valence-corrected chi connectivity index (χ4v) is 1.94. The van der Waals surface area contributed by atoms with Crippen LogP contribution in [-0.2, 0) is 0 Å². The molecule has 0 aromatic heterocycles. The summed E-state index contributed by atoms with van der Waals surface area (Å²) in [5, 5.41) is 6.87. The molecule has 16 heavy (non-hydrogen) atoms. The molecule has 1 heterocycles. The van der Waals surface area contributed by atoms with Gasteiger partial charge in [-0.3, -0.25) is 0 Å². The highest BCUT2D eigenvalue weighted by atomic mass is 15.0. The van der Waals surface area contributed by atoms with E-state index in [0.29, 0.717) is 5.92 Å². The van der Waals surface area contributed by atoms with Crippen molar-refractivity contribution in [3.05, 3.63) is 29.3 Å². The molecule has 0 aliphatic carbocycles. The summed E-state index contributed by atoms with van der Waals surface area (Å²) in [7, 11) is 0. The monoisotopic (exact) mass is 218 g/mol. The van der Waals surface area contributed by atoms with Gasteiger partial charge in [0.1, 0.15) is 0 Å². The maximum absolute atomic E-state index is 3.57. The van der Waals surface area contributed by atoms with Crippen LogP contribution in [0.25, 0.3) is 0 Å². The third-order valence-electron chi connectivity index (χ3n) is 3.38. The van der Waals surface area contributed by atoms with Crippen LogP contribution in [0.15, 0.2) is 18.2 Å². The number of anilines is 1. The summed E-state index contributed by atoms with van der Waals surface area (Å²) in [6, 6.07) is 6.75. The second-order valence-electron chi connectivity index (χ2n) is 5.13. The first-order valence-corrected chi connectivity index (χ1v) is 6.22. The van der Waals surface area contributed by atoms with Crippen molar-refractivity contribution in [1.29, 1.82) is 0 Å². The summed E-state index contributed by atoms with van der Waals surface area (Å²) in [4.78, 5) is 0. The van der Waals surface area contributed by atoms with Gasteiger partial charge in [-0.1, -0.05) is 26.0 Å². The van der Waals surface area contributed by atoms with Crippen molar-refractivity contribution in [1.82, 2.24) is 5.32 Å². The smallest absolute Gasteiger partial charge is 0.0372 e. The largest absolute Gasteiger partial charge is 0.384 e. The zero-order chi connectivity index (χ0) is 11.5. The summed E-state index contributed by atoms with van der Waals surface area (Å²) in [6.45, 7) is 10.1. The summed E-state index contributed by atoms with van der Waals surface area (Å²) < 4.78 is 0. The van der Waals surface area contributed by atoms with E-state index in [4.69, 9.17) is 0 Å². The molecular weight excluding hydrogens is 196 g/mol. The minimum absolute atomic E-state index is 0.603. The Kier molecular flexibility index (Phi) is 3.49. The molecule has 0 atom stereocenters. The molecule has 1 aliphatic rings. The number of benzene rings is 1. The summed E-state index contributed by atoms with van der Waals surface area (Å²) in [6.07, 6.45) is 0. The van der Waals surface area contributed by atoms with Crippen LogP contribution in [0.1, 0.15) is 30.9 Å². The van der Waals surface area contributed by atoms with Crippen LogP contribution in [0.4, 0.5) is 5.69 Å². The van der Waals surface area contributed by atoms with Gasteiger partial charge in [-0.25, -0.2) is 0 Å². The van der Waals surface area contributed by atoms with Crippen molar-refractivity contribution >= 4 is 5.69 Å². The Morgan fingerprint density at radius 2 is 2.12 bits per heavy atom. The van der Waals surface area contributed by atoms with E-state index in [-0.39, 0.29) is 0 Å². The first-order valence-electron chi connectivity index (χ1n) is 6.22. The minimum Gasteiger partial charge on any atom is -0.384 e. The predicted octanol–water partition coefficient (Wildman–Crippen LogP) is 2.75. The molecule has 2 rings (SSSR count). The third-order valence-corrected chi connectivity index (χ3v) is 3.38. The molecule has 2 nitrogen and oxygen atoms in total. The minimum atomic E-state index is 0.603. The van der Waals surface area contributed by atoms with Crippen LogP contribution >= 0.6 is 0 Å². The van der Waals surface area contributed by atoms with Gasteiger partial charge in [0, 0.05) is 31.2 Å². The van der Waals surface area contributed by atoms with Gasteiger partial charge in [-0.2, -0.15) is 0 Å². The molecule has 0 saturated carbocycles. The number of rotatable bonds is 4. The third kappa shape index (κ3) is 2.56. The van der Waals surface area contributed by atoms with Gasteiger partial charge in [-0.15, -0.1) is 0 Å². The Balaban J connectivity index is 2.02. The van der Waals surface area contributed by atoms with Crippen LogP contribution in [0.2, 0.25) is 0 Å². The zero-order valence-corrected chi connectivity index (χ0v) is 10.5. The first-order chi connectivity index (χ1) is 7.66. The molecule has 0 amide bonds. The molecular formula is C14H22N2. The van der Waals surface area contributed by atoms with Crippen molar-refractivity contribution in [2.45, 2.75) is 26.7 Å². The lowest BCUT2D eigenvalue weighted by Crippen LogP contribution is -2.45. The highest BCUT2D eigenvalue weighted by molar-refractivity contribution is 5.53. The van der Waals surface area contributed by atoms with E-state index in [1.807, 2.05) is 0 Å². The Labute approximate surface area is 98.4 Å². The molecule has 1 aliphatic heterocycles. The molecule has 1 saturated heterocycles. The van der Waals surface area contributed by atoms with Crippen molar-refractivity contribution in [2.75, 3.05) is 25.0 Å². The number of nitrogens with one attached hydrogen (secondary N) is 2. The fourth-order valence-electron chi connectivity index (χ4n) is 1.94. The van der Waals surface area contributed by atoms with E-state index in [1.165, 1.54) is 16.8 Å². The number of hydrogen-bond acceptors (Lipinski definition) is 2. The lowest BCUT2D eigenvalue weighted by molar-refractivity contribution is 0.365. The topological polar surface area (TPSA) is 24.1 Å². The Bertz CT molecular complexity index is 354. The number of hydrogen-bond donors (Lipinski definition) is 2. The van der Waals surface area contributed by atoms with E-state index in [1.54, 1.807) is 0 Å². The van der Waals surface area contributed by atoms with Gasteiger partial charge in [0.25, 0.3) is 0 Å². The Morgan fingerprint density at radius 1 is 1.38 bits per heavy atom. The molecule has 0 unspecified atom stereocenters. The van der Waals surface area contributed by atoms with Crippen molar-refractivity contribution in [2.24, 2.45) is 5.92 Å². The second kappa shape index (κ2) is 4.88. The van der Waals surface area contributed by atoms with E-state index in [0.717, 1.165) is 25.6 Å². The molecule has 2 heteroatoms. The number of aryl methyl sites for hydroxylation is 1. The molecule has 1 fully saturated rings. The quantitative estimate of drug-likeness (QED) is 0.812. The Hall–Kier alpha value is -1.02. The van der Waals surface area contributed by atoms with Crippen molar-refractivity contribution in [3.8, 4) is 0 Å². The van der Waals surface area contributed by atoms with E-state index in [2.05, 4.69) is 49.6 Å². The van der Waals surface area contributed by atoms with E-state index < -0.39 is 0 Å². The van der Waals surface area contributed by atoms with E-state index in [9.17, 15) is 0 Å². The maximum atomic E-state index is 3.57. The van der Waals surface area contributed by atoms with Gasteiger partial charge in [0.15, 0.2) is 0 Å². The molecule has 0 spiro atoms. The van der Waals surface area contributed by atoms with Crippen molar-refractivity contribution in [3.63, 3.8) is 0 Å². The normalized spacial score (nSPS) is 16.2. The van der Waals surface area contributed by atoms with Crippen LogP contribution < -0.4 is 10.6 Å². The van der Waals surface area contributed by atoms with Crippen LogP contribution in [0.3, 0.4) is 0 Å². The average Bonchev–Trinajstić information content (AvgIpc) is 2.18. The van der Waals surface area contributed by atoms with Gasteiger partial charge in [-0.05, 0) is 30.0 Å². The zero-order valence-electron chi connectivity index (χ0n) is 10.5. The average molecular weight is 218 g/mol. The standard InChI is InChI=1S/C14H22N2/c1-10(2)13-5-4-11(3)14(6-13)16-9-12-7-15-8-12/h4-6,10,12,15-16H,7-9H2,1-3H3. The SMILES string of the molecule is Cc1ccc(C(C)C)cc1NCC1CNC1. The van der Waals surface area contributed by atoms with Gasteiger partial charge in [0.2, 0.25) is 0 Å². The van der Waals surface area contributed by atoms with Gasteiger partial charge in [0.05, 0.1) is 0 Å². The molecule has 1 aromatic rings. The Morgan fingerprint density at radius 3 is 2.69 bits per heavy atom. The van der Waals surface area contributed by atoms with E-state index >= 15 is 0 Å². The van der Waals surface area contributed by atoms with Crippen LogP contribution in [-0.4, -0.2) is 19.6 Å². The van der Waals surface area contributed by atoms with Gasteiger partial charge >= 0.3 is 0 Å². The van der Waals surface area contributed by atoms with Gasteiger partial charge < -0.3 is 10.6 Å². The predicted molar refractivity (Wildman–Crippen MR) is 70.1 cm³/mol. The van der Waals surface area contributed by atoms with Crippen LogP contribution in [0, 0.1) is 12.8 Å². The molecule has 88 valence electrons. The fraction of sp³-hybridized carbons (Fsp3) is 0.571.